The van der Waals surface area contributed by atoms with Crippen LogP contribution in [0.4, 0.5) is 0 Å². The van der Waals surface area contributed by atoms with Gasteiger partial charge in [-0.15, -0.1) is 0 Å². The van der Waals surface area contributed by atoms with Gasteiger partial charge in [0.2, 0.25) is 11.2 Å². The highest BCUT2D eigenvalue weighted by atomic mass is 79.9. The normalized spacial score (nSPS) is 10.6. The van der Waals surface area contributed by atoms with E-state index in [2.05, 4.69) is 47.8 Å². The molecule has 1 heterocycles. The standard InChI is InChI=1S/C15H10O7.C6H3Br3O/c16-7-4-10(19)12-11(5-7)22-15(14(21)13(12)20)6-1-2-8(17)9(18)3-6;7-3-1-4(8)6(10)5(9)2-3/h1-5,16-19,21H;1-2,10H. The highest BCUT2D eigenvalue weighted by Crippen LogP contribution is 2.38. The molecule has 0 saturated carbocycles. The molecule has 8 nitrogen and oxygen atoms in total. The van der Waals surface area contributed by atoms with Gasteiger partial charge in [-0.25, -0.2) is 0 Å². The molecule has 0 unspecified atom stereocenters. The summed E-state index contributed by atoms with van der Waals surface area (Å²) >= 11 is 9.65. The Kier molecular flexibility index (Phi) is 6.91. The quantitative estimate of drug-likeness (QED) is 0.147. The van der Waals surface area contributed by atoms with Crippen molar-refractivity contribution in [1.82, 2.24) is 0 Å². The Labute approximate surface area is 205 Å². The van der Waals surface area contributed by atoms with E-state index in [4.69, 9.17) is 4.42 Å². The largest absolute Gasteiger partial charge is 0.508 e. The maximum atomic E-state index is 12.1. The predicted octanol–water partition coefficient (Wildman–Crippen LogP) is 5.67. The molecule has 166 valence electrons. The zero-order valence-corrected chi connectivity index (χ0v) is 20.4. The second-order valence-corrected chi connectivity index (χ2v) is 8.99. The average Bonchev–Trinajstić information content (AvgIpc) is 2.71. The summed E-state index contributed by atoms with van der Waals surface area (Å²) in [6.45, 7) is 0. The van der Waals surface area contributed by atoms with Crippen LogP contribution in [0, 0.1) is 0 Å². The molecule has 6 N–H and O–H groups in total. The van der Waals surface area contributed by atoms with Gasteiger partial charge in [0.25, 0.3) is 0 Å². The van der Waals surface area contributed by atoms with Gasteiger partial charge in [-0.1, -0.05) is 15.9 Å². The van der Waals surface area contributed by atoms with E-state index in [-0.39, 0.29) is 39.5 Å². The van der Waals surface area contributed by atoms with Crippen molar-refractivity contribution in [2.45, 2.75) is 0 Å². The zero-order valence-electron chi connectivity index (χ0n) is 15.7. The summed E-state index contributed by atoms with van der Waals surface area (Å²) in [6, 6.07) is 9.20. The Morgan fingerprint density at radius 1 is 0.688 bits per heavy atom. The summed E-state index contributed by atoms with van der Waals surface area (Å²) in [7, 11) is 0. The maximum absolute atomic E-state index is 12.1. The third-order valence-electron chi connectivity index (χ3n) is 4.15. The number of phenols is 5. The SMILES string of the molecule is O=c1c(O)c(-c2ccc(O)c(O)c2)oc2cc(O)cc(O)c12.Oc1c(Br)cc(Br)cc1Br. The summed E-state index contributed by atoms with van der Waals surface area (Å²) in [5, 5.41) is 56.8. The van der Waals surface area contributed by atoms with Gasteiger partial charge in [-0.05, 0) is 62.2 Å². The van der Waals surface area contributed by atoms with E-state index in [9.17, 15) is 35.4 Å². The van der Waals surface area contributed by atoms with E-state index >= 15 is 0 Å². The number of hydrogen-bond donors (Lipinski definition) is 6. The third kappa shape index (κ3) is 4.79. The maximum Gasteiger partial charge on any atom is 0.238 e. The zero-order chi connectivity index (χ0) is 23.7. The van der Waals surface area contributed by atoms with Crippen LogP contribution in [0.2, 0.25) is 0 Å². The lowest BCUT2D eigenvalue weighted by molar-refractivity contribution is 0.403. The molecular formula is C21H13Br3O8. The second kappa shape index (κ2) is 9.31. The fourth-order valence-electron chi connectivity index (χ4n) is 2.67. The molecule has 0 atom stereocenters. The second-order valence-electron chi connectivity index (χ2n) is 6.37. The van der Waals surface area contributed by atoms with Gasteiger partial charge in [0.05, 0.1) is 8.95 Å². The summed E-state index contributed by atoms with van der Waals surface area (Å²) in [5.41, 5.74) is -0.890. The molecule has 0 aliphatic heterocycles. The van der Waals surface area contributed by atoms with Gasteiger partial charge in [-0.2, -0.15) is 0 Å². The minimum absolute atomic E-state index is 0.134. The summed E-state index contributed by atoms with van der Waals surface area (Å²) < 4.78 is 7.62. The van der Waals surface area contributed by atoms with E-state index in [1.807, 2.05) is 0 Å². The highest BCUT2D eigenvalue weighted by Gasteiger charge is 2.19. The van der Waals surface area contributed by atoms with E-state index in [0.29, 0.717) is 8.95 Å². The van der Waals surface area contributed by atoms with Crippen molar-refractivity contribution in [1.29, 1.82) is 0 Å². The van der Waals surface area contributed by atoms with Crippen LogP contribution >= 0.6 is 47.8 Å². The number of fused-ring (bicyclic) bond motifs is 1. The molecule has 0 spiro atoms. The van der Waals surface area contributed by atoms with Gasteiger partial charge in [0, 0.05) is 22.2 Å². The highest BCUT2D eigenvalue weighted by molar-refractivity contribution is 9.11. The van der Waals surface area contributed by atoms with Crippen LogP contribution in [0.5, 0.6) is 34.5 Å². The first kappa shape index (κ1) is 23.8. The van der Waals surface area contributed by atoms with Crippen LogP contribution in [0.3, 0.4) is 0 Å². The number of halogens is 3. The number of phenolic OH excluding ortho intramolecular Hbond substituents is 5. The lowest BCUT2D eigenvalue weighted by Crippen LogP contribution is -2.02. The molecule has 0 amide bonds. The van der Waals surface area contributed by atoms with E-state index in [0.717, 1.165) is 28.7 Å². The van der Waals surface area contributed by atoms with Crippen LogP contribution in [0.1, 0.15) is 0 Å². The van der Waals surface area contributed by atoms with Crippen molar-refractivity contribution >= 4 is 58.8 Å². The Morgan fingerprint density at radius 2 is 1.31 bits per heavy atom. The van der Waals surface area contributed by atoms with Crippen LogP contribution in [-0.2, 0) is 0 Å². The van der Waals surface area contributed by atoms with Gasteiger partial charge >= 0.3 is 0 Å². The molecule has 0 fully saturated rings. The molecule has 0 aliphatic carbocycles. The van der Waals surface area contributed by atoms with Crippen molar-refractivity contribution in [3.63, 3.8) is 0 Å². The van der Waals surface area contributed by atoms with Crippen LogP contribution in [0.15, 0.2) is 65.1 Å². The first-order valence-corrected chi connectivity index (χ1v) is 10.9. The fourth-order valence-corrected chi connectivity index (χ4v) is 4.93. The number of benzene rings is 3. The van der Waals surface area contributed by atoms with Crippen molar-refractivity contribution in [2.24, 2.45) is 0 Å². The van der Waals surface area contributed by atoms with Crippen LogP contribution in [-0.4, -0.2) is 30.6 Å². The van der Waals surface area contributed by atoms with E-state index in [1.165, 1.54) is 6.07 Å². The smallest absolute Gasteiger partial charge is 0.238 e. The lowest BCUT2D eigenvalue weighted by Gasteiger charge is -2.08. The van der Waals surface area contributed by atoms with Crippen molar-refractivity contribution < 1.29 is 35.1 Å². The van der Waals surface area contributed by atoms with Crippen molar-refractivity contribution in [3.8, 4) is 45.8 Å². The minimum Gasteiger partial charge on any atom is -0.508 e. The molecule has 32 heavy (non-hydrogen) atoms. The average molecular weight is 633 g/mol. The molecule has 0 bridgehead atoms. The number of hydrogen-bond acceptors (Lipinski definition) is 8. The molecule has 1 aromatic heterocycles. The molecule has 4 rings (SSSR count). The molecule has 0 saturated heterocycles. The molecule has 3 aromatic carbocycles. The van der Waals surface area contributed by atoms with Crippen LogP contribution in [0.25, 0.3) is 22.3 Å². The van der Waals surface area contributed by atoms with Gasteiger partial charge < -0.3 is 35.1 Å². The van der Waals surface area contributed by atoms with Gasteiger partial charge in [-0.3, -0.25) is 4.79 Å². The van der Waals surface area contributed by atoms with Gasteiger partial charge in [0.1, 0.15) is 28.2 Å². The summed E-state index contributed by atoms with van der Waals surface area (Å²) in [4.78, 5) is 12.1. The van der Waals surface area contributed by atoms with Gasteiger partial charge in [0.15, 0.2) is 17.3 Å². The minimum atomic E-state index is -0.888. The molecule has 0 radical (unpaired) electrons. The monoisotopic (exact) mass is 630 g/mol. The molecule has 0 aliphatic rings. The molecular weight excluding hydrogens is 620 g/mol. The molecule has 4 aromatic rings. The molecule has 11 heteroatoms. The Balaban J connectivity index is 0.000000243. The predicted molar refractivity (Wildman–Crippen MR) is 127 cm³/mol. The Morgan fingerprint density at radius 3 is 1.91 bits per heavy atom. The first-order chi connectivity index (χ1) is 15.0. The number of rotatable bonds is 1. The summed E-state index contributed by atoms with van der Waals surface area (Å²) in [6.07, 6.45) is 0. The van der Waals surface area contributed by atoms with Crippen molar-refractivity contribution in [3.05, 3.63) is 66.1 Å². The topological polar surface area (TPSA) is 152 Å². The van der Waals surface area contributed by atoms with E-state index < -0.39 is 22.7 Å². The fraction of sp³-hybridized carbons (Fsp3) is 0. The third-order valence-corrected chi connectivity index (χ3v) is 5.82. The Bertz CT molecular complexity index is 1380. The number of aromatic hydroxyl groups is 6. The van der Waals surface area contributed by atoms with Crippen molar-refractivity contribution in [2.75, 3.05) is 0 Å². The Hall–Kier alpha value is -2.89. The first-order valence-electron chi connectivity index (χ1n) is 8.57. The van der Waals surface area contributed by atoms with E-state index in [1.54, 1.807) is 12.1 Å². The van der Waals surface area contributed by atoms with Crippen LogP contribution < -0.4 is 5.43 Å². The summed E-state index contributed by atoms with van der Waals surface area (Å²) in [5.74, 6) is -2.49. The lowest BCUT2D eigenvalue weighted by atomic mass is 10.1.